The lowest BCUT2D eigenvalue weighted by molar-refractivity contribution is 0.0600. The Morgan fingerprint density at radius 3 is 2.91 bits per heavy atom. The number of carbonyl (C=O) groups excluding carboxylic acids is 1. The van der Waals surface area contributed by atoms with Gasteiger partial charge in [0.1, 0.15) is 17.6 Å². The second-order valence-corrected chi connectivity index (χ2v) is 8.58. The number of nitrogens with one attached hydrogen (secondary N) is 1. The van der Waals surface area contributed by atoms with Gasteiger partial charge >= 0.3 is 5.97 Å². The van der Waals surface area contributed by atoms with E-state index in [0.717, 1.165) is 36.5 Å². The van der Waals surface area contributed by atoms with Crippen molar-refractivity contribution >= 4 is 23.3 Å². The van der Waals surface area contributed by atoms with E-state index >= 15 is 0 Å². The minimum absolute atomic E-state index is 0.140. The Balaban J connectivity index is 1.49. The molecule has 4 heterocycles. The van der Waals surface area contributed by atoms with E-state index in [1.54, 1.807) is 18.3 Å². The van der Waals surface area contributed by atoms with Gasteiger partial charge in [-0.3, -0.25) is 4.98 Å². The SMILES string of the molecule is COC(=O)c1cccc(-c2ccc([C@@H]3[C@H](c4ccccn4)NC(=S)N3C[C@@H]3CCCO3)o2)c1. The van der Waals surface area contributed by atoms with Gasteiger partial charge in [0.25, 0.3) is 0 Å². The maximum atomic E-state index is 12.0. The van der Waals surface area contributed by atoms with Crippen LogP contribution >= 0.6 is 12.2 Å². The number of esters is 1. The Morgan fingerprint density at radius 2 is 2.15 bits per heavy atom. The number of thiocarbonyl (C=S) groups is 1. The highest BCUT2D eigenvalue weighted by atomic mass is 32.1. The maximum absolute atomic E-state index is 12.0. The van der Waals surface area contributed by atoms with Crippen LogP contribution in [0.1, 0.15) is 46.7 Å². The van der Waals surface area contributed by atoms with Gasteiger partial charge < -0.3 is 24.1 Å². The van der Waals surface area contributed by atoms with Crippen molar-refractivity contribution in [3.05, 3.63) is 77.8 Å². The van der Waals surface area contributed by atoms with Crippen molar-refractivity contribution < 1.29 is 18.7 Å². The molecule has 170 valence electrons. The first-order chi connectivity index (χ1) is 16.1. The summed E-state index contributed by atoms with van der Waals surface area (Å²) < 4.78 is 17.1. The second kappa shape index (κ2) is 9.33. The fourth-order valence-corrected chi connectivity index (χ4v) is 4.82. The highest BCUT2D eigenvalue weighted by Gasteiger charge is 2.42. The van der Waals surface area contributed by atoms with Crippen LogP contribution in [0.4, 0.5) is 0 Å². The van der Waals surface area contributed by atoms with Crippen LogP contribution in [-0.4, -0.2) is 47.3 Å². The molecular weight excluding hydrogens is 438 g/mol. The van der Waals surface area contributed by atoms with Gasteiger partial charge in [0.15, 0.2) is 5.11 Å². The summed E-state index contributed by atoms with van der Waals surface area (Å²) in [4.78, 5) is 18.7. The molecule has 8 heteroatoms. The fraction of sp³-hybridized carbons (Fsp3) is 0.320. The molecule has 33 heavy (non-hydrogen) atoms. The molecule has 2 fully saturated rings. The molecule has 7 nitrogen and oxygen atoms in total. The zero-order chi connectivity index (χ0) is 22.8. The van der Waals surface area contributed by atoms with Crippen molar-refractivity contribution in [1.82, 2.24) is 15.2 Å². The van der Waals surface area contributed by atoms with E-state index in [2.05, 4.69) is 15.2 Å². The Bertz CT molecular complexity index is 1140. The molecule has 2 aliphatic rings. The van der Waals surface area contributed by atoms with Crippen molar-refractivity contribution in [2.75, 3.05) is 20.3 Å². The van der Waals surface area contributed by atoms with Gasteiger partial charge in [-0.05, 0) is 61.5 Å². The summed E-state index contributed by atoms with van der Waals surface area (Å²) in [5.74, 6) is 1.06. The predicted octanol–water partition coefficient (Wildman–Crippen LogP) is 4.28. The van der Waals surface area contributed by atoms with E-state index in [0.29, 0.717) is 23.0 Å². The van der Waals surface area contributed by atoms with Crippen LogP contribution in [0, 0.1) is 0 Å². The van der Waals surface area contributed by atoms with Gasteiger partial charge in [-0.15, -0.1) is 0 Å². The van der Waals surface area contributed by atoms with E-state index in [4.69, 9.17) is 26.1 Å². The minimum atomic E-state index is -0.382. The van der Waals surface area contributed by atoms with Crippen LogP contribution in [-0.2, 0) is 9.47 Å². The monoisotopic (exact) mass is 463 g/mol. The van der Waals surface area contributed by atoms with E-state index in [1.807, 2.05) is 42.5 Å². The molecule has 3 atom stereocenters. The zero-order valence-corrected chi connectivity index (χ0v) is 19.1. The van der Waals surface area contributed by atoms with Gasteiger partial charge in [-0.1, -0.05) is 18.2 Å². The number of benzene rings is 1. The fourth-order valence-electron chi connectivity index (χ4n) is 4.50. The molecule has 0 unspecified atom stereocenters. The Morgan fingerprint density at radius 1 is 1.24 bits per heavy atom. The summed E-state index contributed by atoms with van der Waals surface area (Å²) >= 11 is 5.73. The molecule has 0 amide bonds. The minimum Gasteiger partial charge on any atom is -0.465 e. The predicted molar refractivity (Wildman–Crippen MR) is 127 cm³/mol. The molecule has 0 aliphatic carbocycles. The Kier molecular flexibility index (Phi) is 6.11. The quantitative estimate of drug-likeness (QED) is 0.429. The van der Waals surface area contributed by atoms with E-state index in [9.17, 15) is 4.79 Å². The van der Waals surface area contributed by atoms with E-state index in [1.165, 1.54) is 7.11 Å². The number of carbonyl (C=O) groups is 1. The van der Waals surface area contributed by atoms with Crippen LogP contribution in [0.3, 0.4) is 0 Å². The first-order valence-corrected chi connectivity index (χ1v) is 11.4. The largest absolute Gasteiger partial charge is 0.465 e. The van der Waals surface area contributed by atoms with Crippen molar-refractivity contribution in [3.63, 3.8) is 0 Å². The summed E-state index contributed by atoms with van der Waals surface area (Å²) in [5.41, 5.74) is 2.17. The molecule has 1 aromatic carbocycles. The average Bonchev–Trinajstić information content (AvgIpc) is 3.61. The summed E-state index contributed by atoms with van der Waals surface area (Å²) in [6.07, 6.45) is 4.00. The molecular formula is C25H25N3O4S. The molecule has 0 saturated carbocycles. The summed E-state index contributed by atoms with van der Waals surface area (Å²) in [6, 6.07) is 16.6. The summed E-state index contributed by atoms with van der Waals surface area (Å²) in [5, 5.41) is 4.11. The number of rotatable bonds is 6. The summed E-state index contributed by atoms with van der Waals surface area (Å²) in [7, 11) is 1.37. The van der Waals surface area contributed by atoms with Crippen molar-refractivity contribution in [3.8, 4) is 11.3 Å². The standard InChI is InChI=1S/C25H25N3O4S/c1-30-24(29)17-7-4-6-16(14-17)20-10-11-21(32-20)23-22(19-9-2-3-12-26-19)27-25(33)28(23)15-18-8-5-13-31-18/h2-4,6-7,9-12,14,18,22-23H,5,8,13,15H2,1H3,(H,27,33)/t18-,22-,23+/m0/s1. The maximum Gasteiger partial charge on any atom is 0.337 e. The van der Waals surface area contributed by atoms with Crippen LogP contribution in [0.2, 0.25) is 0 Å². The summed E-state index contributed by atoms with van der Waals surface area (Å²) in [6.45, 7) is 1.47. The topological polar surface area (TPSA) is 76.8 Å². The third-order valence-corrected chi connectivity index (χ3v) is 6.46. The van der Waals surface area contributed by atoms with Gasteiger partial charge in [0.05, 0.1) is 30.5 Å². The smallest absolute Gasteiger partial charge is 0.337 e. The molecule has 0 spiro atoms. The third kappa shape index (κ3) is 4.36. The number of nitrogens with zero attached hydrogens (tertiary/aromatic N) is 2. The second-order valence-electron chi connectivity index (χ2n) is 8.19. The average molecular weight is 464 g/mol. The molecule has 3 aromatic rings. The van der Waals surface area contributed by atoms with Crippen molar-refractivity contribution in [1.29, 1.82) is 0 Å². The van der Waals surface area contributed by atoms with Crippen molar-refractivity contribution in [2.45, 2.75) is 31.0 Å². The zero-order valence-electron chi connectivity index (χ0n) is 18.3. The highest BCUT2D eigenvalue weighted by molar-refractivity contribution is 7.80. The lowest BCUT2D eigenvalue weighted by Gasteiger charge is -2.28. The lowest BCUT2D eigenvalue weighted by Crippen LogP contribution is -2.36. The van der Waals surface area contributed by atoms with Crippen molar-refractivity contribution in [2.24, 2.45) is 0 Å². The molecule has 0 radical (unpaired) electrons. The Labute approximate surface area is 197 Å². The van der Waals surface area contributed by atoms with Crippen LogP contribution < -0.4 is 5.32 Å². The number of hydrogen-bond donors (Lipinski definition) is 1. The number of hydrogen-bond acceptors (Lipinski definition) is 6. The number of pyridine rings is 1. The van der Waals surface area contributed by atoms with Gasteiger partial charge in [0, 0.05) is 24.9 Å². The Hall–Kier alpha value is -3.23. The number of aromatic nitrogens is 1. The molecule has 5 rings (SSSR count). The number of furan rings is 1. The van der Waals surface area contributed by atoms with Gasteiger partial charge in [-0.2, -0.15) is 0 Å². The van der Waals surface area contributed by atoms with Crippen LogP contribution in [0.5, 0.6) is 0 Å². The lowest BCUT2D eigenvalue weighted by atomic mass is 10.0. The van der Waals surface area contributed by atoms with Gasteiger partial charge in [-0.25, -0.2) is 4.79 Å². The van der Waals surface area contributed by atoms with Crippen LogP contribution in [0.15, 0.2) is 65.2 Å². The number of methoxy groups -OCH3 is 1. The molecule has 0 bridgehead atoms. The van der Waals surface area contributed by atoms with Crippen LogP contribution in [0.25, 0.3) is 11.3 Å². The van der Waals surface area contributed by atoms with Gasteiger partial charge in [0.2, 0.25) is 0 Å². The van der Waals surface area contributed by atoms with E-state index in [-0.39, 0.29) is 24.2 Å². The molecule has 2 aliphatic heterocycles. The first-order valence-electron chi connectivity index (χ1n) is 11.0. The molecule has 1 N–H and O–H groups in total. The number of ether oxygens (including phenoxy) is 2. The highest BCUT2D eigenvalue weighted by Crippen LogP contribution is 2.41. The molecule has 2 saturated heterocycles. The first kappa shape index (κ1) is 21.6. The molecule has 2 aromatic heterocycles. The normalized spacial score (nSPS) is 22.4. The third-order valence-electron chi connectivity index (χ3n) is 6.11. The van der Waals surface area contributed by atoms with E-state index < -0.39 is 0 Å².